The number of allylic oxidation sites excluding steroid dienone is 2. The highest BCUT2D eigenvalue weighted by atomic mass is 16.6. The molecule has 1 aromatic rings. The van der Waals surface area contributed by atoms with Crippen LogP contribution >= 0.6 is 0 Å². The van der Waals surface area contributed by atoms with Crippen LogP contribution < -0.4 is 5.32 Å². The molecule has 0 heterocycles. The molecule has 0 aliphatic heterocycles. The number of ether oxygens (including phenoxy) is 1. The Hall–Kier alpha value is -2.03. The van der Waals surface area contributed by atoms with Crippen LogP contribution in [0.25, 0.3) is 0 Å². The lowest BCUT2D eigenvalue weighted by atomic mass is 9.82. The van der Waals surface area contributed by atoms with Crippen molar-refractivity contribution in [2.45, 2.75) is 25.4 Å². The average Bonchev–Trinajstić information content (AvgIpc) is 2.97. The van der Waals surface area contributed by atoms with Gasteiger partial charge in [-0.2, -0.15) is 0 Å². The minimum Gasteiger partial charge on any atom is -0.445 e. The molecule has 3 unspecified atom stereocenters. The number of anilines is 1. The quantitative estimate of drug-likeness (QED) is 0.834. The predicted molar refractivity (Wildman–Crippen MR) is 79.4 cm³/mol. The molecule has 3 nitrogen and oxygen atoms in total. The molecule has 0 aromatic heterocycles. The summed E-state index contributed by atoms with van der Waals surface area (Å²) in [5, 5.41) is 2.78. The third-order valence-corrected chi connectivity index (χ3v) is 4.29. The Morgan fingerprint density at radius 3 is 2.95 bits per heavy atom. The SMILES string of the molecule is C=CCC12C=CC(CC1OC(=O)Nc1ccccc1)C2. The third kappa shape index (κ3) is 2.36. The van der Waals surface area contributed by atoms with Gasteiger partial charge in [0.1, 0.15) is 6.10 Å². The summed E-state index contributed by atoms with van der Waals surface area (Å²) in [6.45, 7) is 3.83. The molecule has 104 valence electrons. The maximum Gasteiger partial charge on any atom is 0.411 e. The summed E-state index contributed by atoms with van der Waals surface area (Å²) < 4.78 is 5.66. The minimum atomic E-state index is -0.370. The first-order valence-electron chi connectivity index (χ1n) is 7.05. The number of benzene rings is 1. The van der Waals surface area contributed by atoms with Crippen LogP contribution in [0.4, 0.5) is 10.5 Å². The van der Waals surface area contributed by atoms with E-state index in [0.717, 1.165) is 24.9 Å². The third-order valence-electron chi connectivity index (χ3n) is 4.29. The number of amides is 1. The molecule has 0 saturated heterocycles. The van der Waals surface area contributed by atoms with Crippen molar-refractivity contribution in [2.75, 3.05) is 5.32 Å². The van der Waals surface area contributed by atoms with Crippen LogP contribution in [0.2, 0.25) is 0 Å². The van der Waals surface area contributed by atoms with E-state index in [0.29, 0.717) is 5.92 Å². The smallest absolute Gasteiger partial charge is 0.411 e. The molecule has 1 N–H and O–H groups in total. The first-order valence-corrected chi connectivity index (χ1v) is 7.05. The second-order valence-electron chi connectivity index (χ2n) is 5.67. The van der Waals surface area contributed by atoms with E-state index in [4.69, 9.17) is 4.74 Å². The molecule has 1 fully saturated rings. The highest BCUT2D eigenvalue weighted by Crippen LogP contribution is 2.52. The first kappa shape index (κ1) is 13.0. The second kappa shape index (κ2) is 5.16. The maximum absolute atomic E-state index is 12.0. The predicted octanol–water partition coefficient (Wildman–Crippen LogP) is 4.15. The molecule has 1 aromatic carbocycles. The summed E-state index contributed by atoms with van der Waals surface area (Å²) >= 11 is 0. The van der Waals surface area contributed by atoms with Gasteiger partial charge in [0.2, 0.25) is 0 Å². The Morgan fingerprint density at radius 1 is 1.45 bits per heavy atom. The summed E-state index contributed by atoms with van der Waals surface area (Å²) in [5.41, 5.74) is 0.731. The topological polar surface area (TPSA) is 38.3 Å². The molecular weight excluding hydrogens is 250 g/mol. The van der Waals surface area contributed by atoms with Crippen molar-refractivity contribution in [3.63, 3.8) is 0 Å². The van der Waals surface area contributed by atoms with E-state index in [2.05, 4.69) is 24.0 Å². The number of rotatable bonds is 4. The summed E-state index contributed by atoms with van der Waals surface area (Å²) in [4.78, 5) is 12.0. The maximum atomic E-state index is 12.0. The van der Waals surface area contributed by atoms with Crippen LogP contribution in [0.5, 0.6) is 0 Å². The van der Waals surface area contributed by atoms with Crippen molar-refractivity contribution in [3.05, 3.63) is 55.1 Å². The van der Waals surface area contributed by atoms with Gasteiger partial charge in [0.15, 0.2) is 0 Å². The van der Waals surface area contributed by atoms with Crippen LogP contribution in [0.15, 0.2) is 55.1 Å². The Balaban J connectivity index is 1.64. The number of hydrogen-bond donors (Lipinski definition) is 1. The van der Waals surface area contributed by atoms with Gasteiger partial charge in [0, 0.05) is 11.1 Å². The standard InChI is InChI=1S/C17H19NO2/c1-2-9-17-10-8-13(12-17)11-15(17)20-16(19)18-14-6-4-3-5-7-14/h2-8,10,13,15H,1,9,11-12H2,(H,18,19). The summed E-state index contributed by atoms with van der Waals surface area (Å²) in [5.74, 6) is 0.546. The van der Waals surface area contributed by atoms with E-state index >= 15 is 0 Å². The number of nitrogens with one attached hydrogen (secondary N) is 1. The fourth-order valence-electron chi connectivity index (χ4n) is 3.38. The molecule has 0 radical (unpaired) electrons. The van der Waals surface area contributed by atoms with Gasteiger partial charge in [-0.15, -0.1) is 6.58 Å². The summed E-state index contributed by atoms with van der Waals surface area (Å²) in [6.07, 6.45) is 8.83. The highest BCUT2D eigenvalue weighted by Gasteiger charge is 2.49. The van der Waals surface area contributed by atoms with Crippen molar-refractivity contribution in [2.24, 2.45) is 11.3 Å². The monoisotopic (exact) mass is 269 g/mol. The molecule has 2 aliphatic rings. The van der Waals surface area contributed by atoms with Gasteiger partial charge in [-0.05, 0) is 37.3 Å². The van der Waals surface area contributed by atoms with Gasteiger partial charge in [0.05, 0.1) is 0 Å². The molecule has 3 atom stereocenters. The number of hydrogen-bond acceptors (Lipinski definition) is 2. The average molecular weight is 269 g/mol. The fraction of sp³-hybridized carbons (Fsp3) is 0.353. The Labute approximate surface area is 119 Å². The second-order valence-corrected chi connectivity index (χ2v) is 5.67. The highest BCUT2D eigenvalue weighted by molar-refractivity contribution is 5.84. The summed E-state index contributed by atoms with van der Waals surface area (Å²) in [7, 11) is 0. The molecule has 1 amide bonds. The zero-order chi connectivity index (χ0) is 14.0. The molecule has 3 rings (SSSR count). The van der Waals surface area contributed by atoms with E-state index in [-0.39, 0.29) is 17.6 Å². The van der Waals surface area contributed by atoms with Crippen LogP contribution in [0.3, 0.4) is 0 Å². The molecule has 2 bridgehead atoms. The molecule has 0 spiro atoms. The van der Waals surface area contributed by atoms with Crippen LogP contribution in [0, 0.1) is 11.3 Å². The van der Waals surface area contributed by atoms with Crippen molar-refractivity contribution in [1.29, 1.82) is 0 Å². The Kier molecular flexibility index (Phi) is 3.35. The number of fused-ring (bicyclic) bond motifs is 2. The lowest BCUT2D eigenvalue weighted by Gasteiger charge is -2.30. The van der Waals surface area contributed by atoms with Gasteiger partial charge < -0.3 is 4.74 Å². The lowest BCUT2D eigenvalue weighted by Crippen LogP contribution is -2.33. The minimum absolute atomic E-state index is 0.0273. The normalized spacial score (nSPS) is 30.2. The van der Waals surface area contributed by atoms with E-state index in [9.17, 15) is 4.79 Å². The van der Waals surface area contributed by atoms with Crippen molar-refractivity contribution in [1.82, 2.24) is 0 Å². The molecule has 20 heavy (non-hydrogen) atoms. The lowest BCUT2D eigenvalue weighted by molar-refractivity contribution is 0.0571. The molecular formula is C17H19NO2. The van der Waals surface area contributed by atoms with Gasteiger partial charge >= 0.3 is 6.09 Å². The van der Waals surface area contributed by atoms with Crippen LogP contribution in [-0.2, 0) is 4.74 Å². The van der Waals surface area contributed by atoms with Gasteiger partial charge in [-0.3, -0.25) is 5.32 Å². The zero-order valence-corrected chi connectivity index (χ0v) is 11.4. The van der Waals surface area contributed by atoms with Gasteiger partial charge in [-0.25, -0.2) is 4.79 Å². The summed E-state index contributed by atoms with van der Waals surface area (Å²) in [6, 6.07) is 9.38. The zero-order valence-electron chi connectivity index (χ0n) is 11.4. The fourth-order valence-corrected chi connectivity index (χ4v) is 3.38. The van der Waals surface area contributed by atoms with Crippen molar-refractivity contribution < 1.29 is 9.53 Å². The van der Waals surface area contributed by atoms with E-state index in [1.807, 2.05) is 36.4 Å². The van der Waals surface area contributed by atoms with E-state index in [1.165, 1.54) is 0 Å². The molecule has 1 saturated carbocycles. The van der Waals surface area contributed by atoms with Gasteiger partial charge in [0.25, 0.3) is 0 Å². The number of para-hydroxylation sites is 1. The van der Waals surface area contributed by atoms with E-state index < -0.39 is 0 Å². The van der Waals surface area contributed by atoms with Crippen LogP contribution in [0.1, 0.15) is 19.3 Å². The Morgan fingerprint density at radius 2 is 2.25 bits per heavy atom. The first-order chi connectivity index (χ1) is 9.72. The van der Waals surface area contributed by atoms with E-state index in [1.54, 1.807) is 0 Å². The van der Waals surface area contributed by atoms with Gasteiger partial charge in [-0.1, -0.05) is 36.4 Å². The van der Waals surface area contributed by atoms with Crippen molar-refractivity contribution in [3.8, 4) is 0 Å². The number of carbonyl (C=O) groups is 1. The molecule has 2 aliphatic carbocycles. The van der Waals surface area contributed by atoms with Crippen LogP contribution in [-0.4, -0.2) is 12.2 Å². The largest absolute Gasteiger partial charge is 0.445 e. The molecule has 3 heteroatoms. The Bertz CT molecular complexity index is 537. The van der Waals surface area contributed by atoms with Crippen molar-refractivity contribution >= 4 is 11.8 Å². The number of carbonyl (C=O) groups excluding carboxylic acids is 1.